The number of morpholine rings is 1. The molecule has 110 valence electrons. The van der Waals surface area contributed by atoms with E-state index in [1.807, 2.05) is 0 Å². The second-order valence-corrected chi connectivity index (χ2v) is 5.75. The van der Waals surface area contributed by atoms with E-state index in [-0.39, 0.29) is 36.1 Å². The quantitative estimate of drug-likeness (QED) is 0.669. The zero-order chi connectivity index (χ0) is 14.1. The molecule has 2 heterocycles. The molecular weight excluding hydrogens is 260 g/mol. The van der Waals surface area contributed by atoms with Crippen molar-refractivity contribution in [2.45, 2.75) is 25.7 Å². The van der Waals surface area contributed by atoms with Gasteiger partial charge in [-0.2, -0.15) is 0 Å². The van der Waals surface area contributed by atoms with Crippen molar-refractivity contribution >= 4 is 17.7 Å². The Kier molecular flexibility index (Phi) is 3.74. The van der Waals surface area contributed by atoms with E-state index in [1.165, 1.54) is 4.90 Å². The van der Waals surface area contributed by atoms with Crippen LogP contribution in [0.1, 0.15) is 25.7 Å². The van der Waals surface area contributed by atoms with Crippen LogP contribution in [0.15, 0.2) is 0 Å². The third-order valence-corrected chi connectivity index (χ3v) is 4.59. The first-order valence-electron chi connectivity index (χ1n) is 7.39. The molecule has 6 heteroatoms. The van der Waals surface area contributed by atoms with Crippen LogP contribution >= 0.6 is 0 Å². The number of hydrogen-bond acceptors (Lipinski definition) is 4. The highest BCUT2D eigenvalue weighted by Crippen LogP contribution is 2.37. The molecule has 1 saturated carbocycles. The lowest BCUT2D eigenvalue weighted by atomic mass is 9.81. The van der Waals surface area contributed by atoms with Gasteiger partial charge in [0.05, 0.1) is 25.0 Å². The maximum Gasteiger partial charge on any atom is 0.242 e. The molecule has 3 fully saturated rings. The molecule has 3 rings (SSSR count). The molecule has 0 radical (unpaired) electrons. The molecule has 0 aromatic heterocycles. The van der Waals surface area contributed by atoms with Gasteiger partial charge in [-0.1, -0.05) is 12.8 Å². The Labute approximate surface area is 118 Å². The molecule has 6 nitrogen and oxygen atoms in total. The average Bonchev–Trinajstić information content (AvgIpc) is 2.74. The van der Waals surface area contributed by atoms with E-state index < -0.39 is 0 Å². The summed E-state index contributed by atoms with van der Waals surface area (Å²) in [4.78, 5) is 39.6. The minimum Gasteiger partial charge on any atom is -0.378 e. The third kappa shape index (κ3) is 2.32. The van der Waals surface area contributed by atoms with Crippen molar-refractivity contribution in [3.8, 4) is 0 Å². The number of likely N-dealkylation sites (tertiary alicyclic amines) is 1. The number of fused-ring (bicyclic) bond motifs is 1. The van der Waals surface area contributed by atoms with Gasteiger partial charge in [0, 0.05) is 13.1 Å². The molecule has 0 unspecified atom stereocenters. The van der Waals surface area contributed by atoms with E-state index in [0.29, 0.717) is 26.3 Å². The number of hydrogen-bond donors (Lipinski definition) is 0. The van der Waals surface area contributed by atoms with E-state index in [2.05, 4.69) is 0 Å². The summed E-state index contributed by atoms with van der Waals surface area (Å²) in [6.45, 7) is 2.05. The van der Waals surface area contributed by atoms with E-state index in [0.717, 1.165) is 25.7 Å². The number of amides is 3. The van der Waals surface area contributed by atoms with Gasteiger partial charge in [-0.05, 0) is 12.8 Å². The molecule has 0 aromatic rings. The Bertz CT molecular complexity index is 407. The molecule has 0 spiro atoms. The van der Waals surface area contributed by atoms with Crippen molar-refractivity contribution in [2.24, 2.45) is 11.8 Å². The molecule has 2 atom stereocenters. The topological polar surface area (TPSA) is 66.9 Å². The summed E-state index contributed by atoms with van der Waals surface area (Å²) in [7, 11) is 0. The van der Waals surface area contributed by atoms with Crippen LogP contribution in [0.25, 0.3) is 0 Å². The van der Waals surface area contributed by atoms with Crippen LogP contribution in [0.5, 0.6) is 0 Å². The Morgan fingerprint density at radius 2 is 1.60 bits per heavy atom. The summed E-state index contributed by atoms with van der Waals surface area (Å²) in [6, 6.07) is 0. The number of imide groups is 1. The first-order valence-corrected chi connectivity index (χ1v) is 7.39. The molecule has 0 bridgehead atoms. The zero-order valence-corrected chi connectivity index (χ0v) is 11.5. The van der Waals surface area contributed by atoms with Gasteiger partial charge in [0.2, 0.25) is 17.7 Å². The van der Waals surface area contributed by atoms with Crippen LogP contribution < -0.4 is 0 Å². The number of ether oxygens (including phenoxy) is 1. The Morgan fingerprint density at radius 3 is 2.15 bits per heavy atom. The van der Waals surface area contributed by atoms with Crippen LogP contribution in [0.2, 0.25) is 0 Å². The highest BCUT2D eigenvalue weighted by molar-refractivity contribution is 6.07. The van der Waals surface area contributed by atoms with Crippen LogP contribution in [0.4, 0.5) is 0 Å². The number of carbonyl (C=O) groups excluding carboxylic acids is 3. The van der Waals surface area contributed by atoms with Gasteiger partial charge < -0.3 is 9.64 Å². The Balaban J connectivity index is 1.66. The maximum atomic E-state index is 12.3. The fourth-order valence-corrected chi connectivity index (χ4v) is 3.43. The maximum absolute atomic E-state index is 12.3. The van der Waals surface area contributed by atoms with E-state index >= 15 is 0 Å². The first kappa shape index (κ1) is 13.5. The lowest BCUT2D eigenvalue weighted by Gasteiger charge is -2.28. The monoisotopic (exact) mass is 280 g/mol. The van der Waals surface area contributed by atoms with Crippen molar-refractivity contribution < 1.29 is 19.1 Å². The molecule has 3 amide bonds. The third-order valence-electron chi connectivity index (χ3n) is 4.59. The van der Waals surface area contributed by atoms with Crippen molar-refractivity contribution in [1.29, 1.82) is 0 Å². The second kappa shape index (κ2) is 5.52. The summed E-state index contributed by atoms with van der Waals surface area (Å²) < 4.78 is 5.20. The van der Waals surface area contributed by atoms with Crippen LogP contribution in [-0.2, 0) is 19.1 Å². The molecular formula is C14H20N2O4. The van der Waals surface area contributed by atoms with Gasteiger partial charge in [0.25, 0.3) is 0 Å². The Morgan fingerprint density at radius 1 is 1.05 bits per heavy atom. The van der Waals surface area contributed by atoms with Crippen molar-refractivity contribution in [3.05, 3.63) is 0 Å². The van der Waals surface area contributed by atoms with Gasteiger partial charge >= 0.3 is 0 Å². The average molecular weight is 280 g/mol. The van der Waals surface area contributed by atoms with Crippen molar-refractivity contribution in [3.63, 3.8) is 0 Å². The standard InChI is InChI=1S/C14H20N2O4/c17-12(15-5-7-20-8-6-15)9-16-13(18)10-3-1-2-4-11(10)14(16)19/h10-11H,1-9H2/t10-,11-/m1/s1. The van der Waals surface area contributed by atoms with E-state index in [9.17, 15) is 14.4 Å². The lowest BCUT2D eigenvalue weighted by molar-refractivity contribution is -0.148. The van der Waals surface area contributed by atoms with Crippen molar-refractivity contribution in [1.82, 2.24) is 9.80 Å². The van der Waals surface area contributed by atoms with Gasteiger partial charge in [0.1, 0.15) is 6.54 Å². The van der Waals surface area contributed by atoms with E-state index in [4.69, 9.17) is 4.74 Å². The largest absolute Gasteiger partial charge is 0.378 e. The molecule has 0 aromatic carbocycles. The molecule has 1 aliphatic carbocycles. The highest BCUT2D eigenvalue weighted by Gasteiger charge is 2.48. The molecule has 20 heavy (non-hydrogen) atoms. The highest BCUT2D eigenvalue weighted by atomic mass is 16.5. The summed E-state index contributed by atoms with van der Waals surface area (Å²) >= 11 is 0. The van der Waals surface area contributed by atoms with Gasteiger partial charge in [-0.3, -0.25) is 19.3 Å². The SMILES string of the molecule is O=C(CN1C(=O)[C@@H]2CCCC[C@H]2C1=O)N1CCOCC1. The van der Waals surface area contributed by atoms with Gasteiger partial charge in [-0.25, -0.2) is 0 Å². The smallest absolute Gasteiger partial charge is 0.242 e. The number of rotatable bonds is 2. The van der Waals surface area contributed by atoms with Gasteiger partial charge in [0.15, 0.2) is 0 Å². The second-order valence-electron chi connectivity index (χ2n) is 5.75. The zero-order valence-electron chi connectivity index (χ0n) is 11.5. The molecule has 3 aliphatic rings. The van der Waals surface area contributed by atoms with E-state index in [1.54, 1.807) is 4.90 Å². The molecule has 2 saturated heterocycles. The lowest BCUT2D eigenvalue weighted by Crippen LogP contribution is -2.47. The summed E-state index contributed by atoms with van der Waals surface area (Å²) in [5.41, 5.74) is 0. The normalized spacial score (nSPS) is 30.6. The fraction of sp³-hybridized carbons (Fsp3) is 0.786. The number of carbonyl (C=O) groups is 3. The van der Waals surface area contributed by atoms with Crippen LogP contribution in [-0.4, -0.2) is 60.4 Å². The minimum absolute atomic E-state index is 0.0926. The van der Waals surface area contributed by atoms with Crippen molar-refractivity contribution in [2.75, 3.05) is 32.8 Å². The minimum atomic E-state index is -0.172. The predicted octanol–water partition coefficient (Wildman–Crippen LogP) is 0.0204. The fourth-order valence-electron chi connectivity index (χ4n) is 3.43. The summed E-state index contributed by atoms with van der Waals surface area (Å²) in [5.74, 6) is -0.765. The Hall–Kier alpha value is -1.43. The van der Waals surface area contributed by atoms with Crippen LogP contribution in [0, 0.1) is 11.8 Å². The molecule has 2 aliphatic heterocycles. The number of nitrogens with zero attached hydrogens (tertiary/aromatic N) is 2. The molecule has 0 N–H and O–H groups in total. The van der Waals surface area contributed by atoms with Gasteiger partial charge in [-0.15, -0.1) is 0 Å². The summed E-state index contributed by atoms with van der Waals surface area (Å²) in [6.07, 6.45) is 3.59. The predicted molar refractivity (Wildman–Crippen MR) is 69.6 cm³/mol. The van der Waals surface area contributed by atoms with Crippen LogP contribution in [0.3, 0.4) is 0 Å². The summed E-state index contributed by atoms with van der Waals surface area (Å²) in [5, 5.41) is 0. The first-order chi connectivity index (χ1) is 9.68.